The third kappa shape index (κ3) is 3.36. The van der Waals surface area contributed by atoms with Crippen molar-refractivity contribution >= 4 is 40.3 Å². The van der Waals surface area contributed by atoms with E-state index in [1.165, 1.54) is 37.1 Å². The van der Waals surface area contributed by atoms with Gasteiger partial charge in [-0.1, -0.05) is 30.4 Å². The van der Waals surface area contributed by atoms with Crippen molar-refractivity contribution in [2.75, 3.05) is 7.11 Å². The van der Waals surface area contributed by atoms with Crippen molar-refractivity contribution in [1.29, 1.82) is 0 Å². The average Bonchev–Trinajstić information content (AvgIpc) is 3.47. The summed E-state index contributed by atoms with van der Waals surface area (Å²) < 4.78 is 11.8. The average molecular weight is 428 g/mol. The first-order valence-electron chi connectivity index (χ1n) is 9.77. The smallest absolute Gasteiger partial charge is 0.266 e. The third-order valence-electron chi connectivity index (χ3n) is 6.17. The number of ether oxygens (including phenoxy) is 1. The van der Waals surface area contributed by atoms with E-state index in [4.69, 9.17) is 21.4 Å². The van der Waals surface area contributed by atoms with Crippen LogP contribution in [0.4, 0.5) is 0 Å². The molecule has 3 aliphatic rings. The summed E-state index contributed by atoms with van der Waals surface area (Å²) in [5, 5.41) is 9.86. The number of methoxy groups -OCH3 is 1. The number of phenols is 1. The van der Waals surface area contributed by atoms with Crippen LogP contribution in [0.25, 0.3) is 17.4 Å². The van der Waals surface area contributed by atoms with Crippen molar-refractivity contribution in [1.82, 2.24) is 4.90 Å². The number of carbonyl (C=O) groups excluding carboxylic acids is 1. The van der Waals surface area contributed by atoms with Crippen LogP contribution in [0.5, 0.6) is 11.5 Å². The standard InChI is InChI=1S/C22H21NO4S2/c1-26-17-9-14(8-15(24)10-17)19-5-4-16(27-19)11-20-21(25)23(22(28)29-20)18-7-12-2-3-13(18)6-12/h4-5,8-13,18,24H,2-3,6-7H2,1H3. The number of thiocarbonyl (C=S) groups is 1. The largest absolute Gasteiger partial charge is 0.508 e. The maximum absolute atomic E-state index is 13.0. The molecule has 29 heavy (non-hydrogen) atoms. The molecule has 2 bridgehead atoms. The van der Waals surface area contributed by atoms with Crippen molar-refractivity contribution in [2.24, 2.45) is 11.8 Å². The number of furan rings is 1. The summed E-state index contributed by atoms with van der Waals surface area (Å²) in [4.78, 5) is 15.5. The number of phenolic OH excluding ortho intramolecular Hbond substituents is 1. The number of hydrogen-bond acceptors (Lipinski definition) is 6. The zero-order chi connectivity index (χ0) is 20.1. The Morgan fingerprint density at radius 3 is 2.86 bits per heavy atom. The van der Waals surface area contributed by atoms with Gasteiger partial charge in [0.1, 0.15) is 27.3 Å². The van der Waals surface area contributed by atoms with Gasteiger partial charge in [0.25, 0.3) is 5.91 Å². The summed E-state index contributed by atoms with van der Waals surface area (Å²) in [6.07, 6.45) is 6.57. The van der Waals surface area contributed by atoms with E-state index in [9.17, 15) is 9.90 Å². The van der Waals surface area contributed by atoms with Crippen LogP contribution in [0.1, 0.15) is 31.4 Å². The van der Waals surface area contributed by atoms with Crippen LogP contribution in [0.2, 0.25) is 0 Å². The minimum atomic E-state index is -0.00507. The Morgan fingerprint density at radius 1 is 1.28 bits per heavy atom. The number of rotatable bonds is 4. The zero-order valence-electron chi connectivity index (χ0n) is 16.0. The number of amides is 1. The Balaban J connectivity index is 1.38. The van der Waals surface area contributed by atoms with Gasteiger partial charge in [-0.2, -0.15) is 0 Å². The van der Waals surface area contributed by atoms with Gasteiger partial charge >= 0.3 is 0 Å². The van der Waals surface area contributed by atoms with Gasteiger partial charge in [-0.05, 0) is 55.4 Å². The van der Waals surface area contributed by atoms with Crippen molar-refractivity contribution < 1.29 is 19.1 Å². The highest BCUT2D eigenvalue weighted by atomic mass is 32.2. The van der Waals surface area contributed by atoms with Crippen LogP contribution in [-0.2, 0) is 4.79 Å². The summed E-state index contributed by atoms with van der Waals surface area (Å²) >= 11 is 6.90. The molecule has 7 heteroatoms. The highest BCUT2D eigenvalue weighted by molar-refractivity contribution is 8.26. The van der Waals surface area contributed by atoms with Gasteiger partial charge in [0.2, 0.25) is 0 Å². The predicted octanol–water partition coefficient (Wildman–Crippen LogP) is 5.05. The molecular formula is C22H21NO4S2. The zero-order valence-corrected chi connectivity index (χ0v) is 17.6. The van der Waals surface area contributed by atoms with E-state index in [2.05, 4.69) is 0 Å². The van der Waals surface area contributed by atoms with Crippen LogP contribution in [0, 0.1) is 11.8 Å². The Kier molecular flexibility index (Phi) is 4.67. The lowest BCUT2D eigenvalue weighted by Crippen LogP contribution is -2.41. The van der Waals surface area contributed by atoms with Crippen molar-refractivity contribution in [3.63, 3.8) is 0 Å². The summed E-state index contributed by atoms with van der Waals surface area (Å²) in [6, 6.07) is 8.83. The molecule has 1 aliphatic heterocycles. The minimum Gasteiger partial charge on any atom is -0.508 e. The van der Waals surface area contributed by atoms with E-state index >= 15 is 0 Å². The van der Waals surface area contributed by atoms with Gasteiger partial charge in [0.05, 0.1) is 12.0 Å². The number of carbonyl (C=O) groups is 1. The topological polar surface area (TPSA) is 62.9 Å². The van der Waals surface area contributed by atoms with E-state index in [-0.39, 0.29) is 17.7 Å². The second-order valence-corrected chi connectivity index (χ2v) is 9.59. The molecule has 1 aromatic heterocycles. The maximum Gasteiger partial charge on any atom is 0.266 e. The Morgan fingerprint density at radius 2 is 2.14 bits per heavy atom. The molecule has 3 fully saturated rings. The number of aromatic hydroxyl groups is 1. The molecule has 2 saturated carbocycles. The maximum atomic E-state index is 13.0. The number of benzene rings is 1. The summed E-state index contributed by atoms with van der Waals surface area (Å²) in [6.45, 7) is 0. The van der Waals surface area contributed by atoms with Crippen LogP contribution in [0.15, 0.2) is 39.7 Å². The quantitative estimate of drug-likeness (QED) is 0.544. The molecule has 3 atom stereocenters. The molecule has 2 aliphatic carbocycles. The Bertz CT molecular complexity index is 1030. The molecule has 2 heterocycles. The summed E-state index contributed by atoms with van der Waals surface area (Å²) in [5.74, 6) is 3.16. The summed E-state index contributed by atoms with van der Waals surface area (Å²) in [7, 11) is 1.55. The number of fused-ring (bicyclic) bond motifs is 2. The highest BCUT2D eigenvalue weighted by Gasteiger charge is 2.47. The van der Waals surface area contributed by atoms with Gasteiger partial charge < -0.3 is 14.3 Å². The summed E-state index contributed by atoms with van der Waals surface area (Å²) in [5.41, 5.74) is 0.705. The normalized spacial score (nSPS) is 27.4. The lowest BCUT2D eigenvalue weighted by atomic mass is 9.94. The van der Waals surface area contributed by atoms with Crippen molar-refractivity contribution in [3.05, 3.63) is 41.0 Å². The minimum absolute atomic E-state index is 0.00507. The fourth-order valence-corrected chi connectivity index (χ4v) is 6.20. The van der Waals surface area contributed by atoms with E-state index < -0.39 is 0 Å². The molecule has 1 saturated heterocycles. The van der Waals surface area contributed by atoms with Crippen LogP contribution in [0.3, 0.4) is 0 Å². The number of nitrogens with zero attached hydrogens (tertiary/aromatic N) is 1. The first kappa shape index (κ1) is 18.8. The molecule has 0 radical (unpaired) electrons. The van der Waals surface area contributed by atoms with Gasteiger partial charge in [0.15, 0.2) is 0 Å². The van der Waals surface area contributed by atoms with Crippen molar-refractivity contribution in [3.8, 4) is 22.8 Å². The molecule has 0 spiro atoms. The van der Waals surface area contributed by atoms with Crippen LogP contribution < -0.4 is 4.74 Å². The molecule has 1 aromatic carbocycles. The molecular weight excluding hydrogens is 406 g/mol. The van der Waals surface area contributed by atoms with Gasteiger partial charge in [-0.25, -0.2) is 0 Å². The molecule has 1 amide bonds. The molecule has 150 valence electrons. The lowest BCUT2D eigenvalue weighted by Gasteiger charge is -2.30. The SMILES string of the molecule is COc1cc(O)cc(-c2ccc(C=C3SC(=S)N(C4CC5CCC4C5)C3=O)o2)c1. The third-order valence-corrected chi connectivity index (χ3v) is 7.50. The van der Waals surface area contributed by atoms with Crippen molar-refractivity contribution in [2.45, 2.75) is 31.7 Å². The van der Waals surface area contributed by atoms with Gasteiger partial charge in [0, 0.05) is 23.7 Å². The molecule has 2 aromatic rings. The van der Waals surface area contributed by atoms with Gasteiger partial charge in [-0.15, -0.1) is 0 Å². The second-order valence-electron chi connectivity index (χ2n) is 7.92. The van der Waals surface area contributed by atoms with Crippen LogP contribution >= 0.6 is 24.0 Å². The molecule has 3 unspecified atom stereocenters. The van der Waals surface area contributed by atoms with E-state index in [1.807, 2.05) is 17.0 Å². The molecule has 1 N–H and O–H groups in total. The predicted molar refractivity (Wildman–Crippen MR) is 117 cm³/mol. The number of hydrogen-bond donors (Lipinski definition) is 1. The second kappa shape index (κ2) is 7.22. The highest BCUT2D eigenvalue weighted by Crippen LogP contribution is 2.49. The lowest BCUT2D eigenvalue weighted by molar-refractivity contribution is -0.124. The fourth-order valence-electron chi connectivity index (χ4n) is 4.85. The van der Waals surface area contributed by atoms with E-state index in [0.29, 0.717) is 38.0 Å². The first-order chi connectivity index (χ1) is 14.0. The first-order valence-corrected chi connectivity index (χ1v) is 11.0. The van der Waals surface area contributed by atoms with Gasteiger partial charge in [-0.3, -0.25) is 9.69 Å². The Labute approximate surface area is 178 Å². The number of thioether (sulfide) groups is 1. The Hall–Kier alpha value is -2.25. The van der Waals surface area contributed by atoms with Crippen LogP contribution in [-0.4, -0.2) is 33.4 Å². The molecule has 5 nitrogen and oxygen atoms in total. The monoisotopic (exact) mass is 427 g/mol. The van der Waals surface area contributed by atoms with E-state index in [0.717, 1.165) is 12.3 Å². The fraction of sp³-hybridized carbons (Fsp3) is 0.364. The van der Waals surface area contributed by atoms with E-state index in [1.54, 1.807) is 25.3 Å². The molecule has 5 rings (SSSR count).